The van der Waals surface area contributed by atoms with Crippen LogP contribution in [0.4, 0.5) is 5.69 Å². The van der Waals surface area contributed by atoms with Crippen molar-refractivity contribution in [1.82, 2.24) is 5.32 Å². The molecule has 1 aromatic rings. The number of aryl methyl sites for hydroxylation is 1. The highest BCUT2D eigenvalue weighted by molar-refractivity contribution is 5.99. The lowest BCUT2D eigenvalue weighted by atomic mass is 10.1. The third-order valence-corrected chi connectivity index (χ3v) is 2.00. The van der Waals surface area contributed by atoms with E-state index in [1.54, 1.807) is 6.07 Å². The summed E-state index contributed by atoms with van der Waals surface area (Å²) in [6.07, 6.45) is 0. The van der Waals surface area contributed by atoms with Crippen LogP contribution in [0.1, 0.15) is 15.9 Å². The second-order valence-electron chi connectivity index (χ2n) is 3.08. The number of hydrogen-bond donors (Lipinski definition) is 3. The average molecular weight is 193 g/mol. The van der Waals surface area contributed by atoms with Crippen molar-refractivity contribution in [3.63, 3.8) is 0 Å². The fraction of sp³-hybridized carbons (Fsp3) is 0.300. The number of benzene rings is 1. The van der Waals surface area contributed by atoms with Crippen molar-refractivity contribution in [3.05, 3.63) is 29.3 Å². The Balaban J connectivity index is 2.84. The first-order chi connectivity index (χ1) is 6.66. The van der Waals surface area contributed by atoms with Crippen molar-refractivity contribution in [2.24, 2.45) is 5.73 Å². The lowest BCUT2D eigenvalue weighted by Crippen LogP contribution is -2.29. The van der Waals surface area contributed by atoms with Gasteiger partial charge >= 0.3 is 0 Å². The second kappa shape index (κ2) is 4.62. The number of amides is 1. The molecule has 0 aliphatic carbocycles. The third kappa shape index (κ3) is 2.23. The van der Waals surface area contributed by atoms with E-state index in [4.69, 9.17) is 11.5 Å². The molecule has 0 fully saturated rings. The summed E-state index contributed by atoms with van der Waals surface area (Å²) >= 11 is 0. The van der Waals surface area contributed by atoms with E-state index in [1.807, 2.05) is 19.1 Å². The van der Waals surface area contributed by atoms with E-state index in [2.05, 4.69) is 5.32 Å². The monoisotopic (exact) mass is 193 g/mol. The highest BCUT2D eigenvalue weighted by Crippen LogP contribution is 2.15. The van der Waals surface area contributed by atoms with Crippen molar-refractivity contribution >= 4 is 11.6 Å². The van der Waals surface area contributed by atoms with Crippen LogP contribution in [0, 0.1) is 6.92 Å². The smallest absolute Gasteiger partial charge is 0.253 e. The molecule has 0 saturated carbocycles. The van der Waals surface area contributed by atoms with E-state index in [0.29, 0.717) is 24.3 Å². The fourth-order valence-electron chi connectivity index (χ4n) is 1.16. The highest BCUT2D eigenvalue weighted by atomic mass is 16.1. The Morgan fingerprint density at radius 2 is 2.21 bits per heavy atom. The molecule has 0 heterocycles. The summed E-state index contributed by atoms with van der Waals surface area (Å²) in [6.45, 7) is 2.76. The molecule has 14 heavy (non-hydrogen) atoms. The Hall–Kier alpha value is -1.55. The summed E-state index contributed by atoms with van der Waals surface area (Å²) in [5.74, 6) is -0.170. The van der Waals surface area contributed by atoms with E-state index < -0.39 is 0 Å². The normalized spacial score (nSPS) is 9.86. The van der Waals surface area contributed by atoms with Gasteiger partial charge in [0.25, 0.3) is 5.91 Å². The van der Waals surface area contributed by atoms with Crippen LogP contribution in [0.5, 0.6) is 0 Å². The molecular formula is C10H15N3O. The average Bonchev–Trinajstić information content (AvgIpc) is 2.18. The maximum absolute atomic E-state index is 11.5. The standard InChI is InChI=1S/C10H15N3O/c1-7-3-2-4-8(9(7)12)10(14)13-6-5-11/h2-4H,5-6,11-12H2,1H3,(H,13,14). The number of anilines is 1. The van der Waals surface area contributed by atoms with Crippen molar-refractivity contribution < 1.29 is 4.79 Å². The van der Waals surface area contributed by atoms with Gasteiger partial charge in [-0.1, -0.05) is 12.1 Å². The van der Waals surface area contributed by atoms with Crippen LogP contribution in [-0.2, 0) is 0 Å². The summed E-state index contributed by atoms with van der Waals surface area (Å²) in [4.78, 5) is 11.5. The molecule has 0 radical (unpaired) electrons. The molecule has 1 rings (SSSR count). The Kier molecular flexibility index (Phi) is 3.48. The van der Waals surface area contributed by atoms with E-state index in [-0.39, 0.29) is 5.91 Å². The molecule has 0 bridgehead atoms. The predicted molar refractivity (Wildman–Crippen MR) is 57.0 cm³/mol. The Morgan fingerprint density at radius 3 is 2.86 bits per heavy atom. The Bertz CT molecular complexity index is 336. The quantitative estimate of drug-likeness (QED) is 0.602. The second-order valence-corrected chi connectivity index (χ2v) is 3.08. The molecule has 76 valence electrons. The van der Waals surface area contributed by atoms with Crippen LogP contribution < -0.4 is 16.8 Å². The van der Waals surface area contributed by atoms with Crippen LogP contribution in [0.3, 0.4) is 0 Å². The van der Waals surface area contributed by atoms with E-state index in [1.165, 1.54) is 0 Å². The molecule has 0 spiro atoms. The van der Waals surface area contributed by atoms with Gasteiger partial charge in [-0.25, -0.2) is 0 Å². The van der Waals surface area contributed by atoms with Gasteiger partial charge in [0.05, 0.1) is 5.56 Å². The maximum Gasteiger partial charge on any atom is 0.253 e. The van der Waals surface area contributed by atoms with E-state index in [0.717, 1.165) is 5.56 Å². The van der Waals surface area contributed by atoms with Gasteiger partial charge in [-0.15, -0.1) is 0 Å². The summed E-state index contributed by atoms with van der Waals surface area (Å²) in [5.41, 5.74) is 13.0. The molecule has 1 aromatic carbocycles. The van der Waals surface area contributed by atoms with Crippen LogP contribution in [0.2, 0.25) is 0 Å². The number of carbonyl (C=O) groups excluding carboxylic acids is 1. The van der Waals surface area contributed by atoms with Crippen molar-refractivity contribution in [3.8, 4) is 0 Å². The van der Waals surface area contributed by atoms with Crippen LogP contribution in [-0.4, -0.2) is 19.0 Å². The molecule has 5 N–H and O–H groups in total. The zero-order valence-corrected chi connectivity index (χ0v) is 8.21. The first-order valence-corrected chi connectivity index (χ1v) is 4.50. The molecule has 0 aromatic heterocycles. The predicted octanol–water partition coefficient (Wildman–Crippen LogP) is 0.266. The van der Waals surface area contributed by atoms with E-state index >= 15 is 0 Å². The molecule has 1 amide bonds. The van der Waals surface area contributed by atoms with Crippen molar-refractivity contribution in [2.45, 2.75) is 6.92 Å². The summed E-state index contributed by atoms with van der Waals surface area (Å²) < 4.78 is 0. The van der Waals surface area contributed by atoms with Crippen molar-refractivity contribution in [2.75, 3.05) is 18.8 Å². The molecule has 4 heteroatoms. The zero-order chi connectivity index (χ0) is 10.6. The number of rotatable bonds is 3. The minimum Gasteiger partial charge on any atom is -0.398 e. The SMILES string of the molecule is Cc1cccc(C(=O)NCCN)c1N. The topological polar surface area (TPSA) is 81.1 Å². The van der Waals surface area contributed by atoms with Gasteiger partial charge in [0.2, 0.25) is 0 Å². The van der Waals surface area contributed by atoms with Gasteiger partial charge in [0.15, 0.2) is 0 Å². The lowest BCUT2D eigenvalue weighted by Gasteiger charge is -2.08. The van der Waals surface area contributed by atoms with Gasteiger partial charge in [-0.05, 0) is 18.6 Å². The summed E-state index contributed by atoms with van der Waals surface area (Å²) in [6, 6.07) is 5.38. The molecule has 0 saturated heterocycles. The number of nitrogens with one attached hydrogen (secondary N) is 1. The summed E-state index contributed by atoms with van der Waals surface area (Å²) in [5, 5.41) is 2.67. The van der Waals surface area contributed by atoms with Crippen LogP contribution >= 0.6 is 0 Å². The summed E-state index contributed by atoms with van der Waals surface area (Å²) in [7, 11) is 0. The maximum atomic E-state index is 11.5. The van der Waals surface area contributed by atoms with Gasteiger partial charge in [0, 0.05) is 18.8 Å². The van der Waals surface area contributed by atoms with Gasteiger partial charge in [0.1, 0.15) is 0 Å². The fourth-order valence-corrected chi connectivity index (χ4v) is 1.16. The molecule has 0 aliphatic rings. The van der Waals surface area contributed by atoms with E-state index in [9.17, 15) is 4.79 Å². The molecule has 4 nitrogen and oxygen atoms in total. The number of carbonyl (C=O) groups is 1. The van der Waals surface area contributed by atoms with Crippen LogP contribution in [0.15, 0.2) is 18.2 Å². The van der Waals surface area contributed by atoms with Gasteiger partial charge < -0.3 is 16.8 Å². The van der Waals surface area contributed by atoms with Gasteiger partial charge in [-0.2, -0.15) is 0 Å². The largest absolute Gasteiger partial charge is 0.398 e. The van der Waals surface area contributed by atoms with Gasteiger partial charge in [-0.3, -0.25) is 4.79 Å². The molecular weight excluding hydrogens is 178 g/mol. The molecule has 0 unspecified atom stereocenters. The number of hydrogen-bond acceptors (Lipinski definition) is 3. The van der Waals surface area contributed by atoms with Crippen LogP contribution in [0.25, 0.3) is 0 Å². The molecule has 0 aliphatic heterocycles. The first kappa shape index (κ1) is 10.5. The third-order valence-electron chi connectivity index (χ3n) is 2.00. The zero-order valence-electron chi connectivity index (χ0n) is 8.21. The lowest BCUT2D eigenvalue weighted by molar-refractivity contribution is 0.0955. The number of nitrogens with two attached hydrogens (primary N) is 2. The first-order valence-electron chi connectivity index (χ1n) is 4.50. The Labute approximate surface area is 83.3 Å². The minimum absolute atomic E-state index is 0.170. The Morgan fingerprint density at radius 1 is 1.50 bits per heavy atom. The highest BCUT2D eigenvalue weighted by Gasteiger charge is 2.09. The van der Waals surface area contributed by atoms with Crippen molar-refractivity contribution in [1.29, 1.82) is 0 Å². The number of nitrogen functional groups attached to an aromatic ring is 1. The molecule has 0 atom stereocenters. The minimum atomic E-state index is -0.170. The number of para-hydroxylation sites is 1.